The lowest BCUT2D eigenvalue weighted by Gasteiger charge is -2.32. The van der Waals surface area contributed by atoms with E-state index in [4.69, 9.17) is 0 Å². The molecule has 0 amide bonds. The molecular weight excluding hydrogens is 184 g/mol. The van der Waals surface area contributed by atoms with Crippen LogP contribution in [0.4, 0.5) is 0 Å². The molecule has 15 heavy (non-hydrogen) atoms. The first-order valence-corrected chi connectivity index (χ1v) is 5.48. The number of hydrogen-bond acceptors (Lipinski definition) is 1. The third-order valence-electron chi connectivity index (χ3n) is 3.30. The van der Waals surface area contributed by atoms with Gasteiger partial charge in [-0.3, -0.25) is 0 Å². The van der Waals surface area contributed by atoms with Gasteiger partial charge in [0.2, 0.25) is 0 Å². The summed E-state index contributed by atoms with van der Waals surface area (Å²) in [6.45, 7) is 1.17. The third kappa shape index (κ3) is 1.37. The summed E-state index contributed by atoms with van der Waals surface area (Å²) in [6, 6.07) is 6.80. The van der Waals surface area contributed by atoms with Crippen molar-refractivity contribution in [2.45, 2.75) is 12.3 Å². The molecule has 78 valence electrons. The number of aromatic amines is 1. The highest BCUT2D eigenvalue weighted by Crippen LogP contribution is 2.37. The smallest absolute Gasteiger partial charge is 0.0456 e. The van der Waals surface area contributed by atoms with Crippen molar-refractivity contribution in [2.75, 3.05) is 20.6 Å². The molecule has 3 rings (SSSR count). The van der Waals surface area contributed by atoms with Gasteiger partial charge in [-0.15, -0.1) is 0 Å². The van der Waals surface area contributed by atoms with Gasteiger partial charge in [0.15, 0.2) is 0 Å². The second kappa shape index (κ2) is 3.11. The maximum absolute atomic E-state index is 3.28. The minimum atomic E-state index is 0.739. The van der Waals surface area contributed by atoms with Crippen LogP contribution >= 0.6 is 0 Å². The quantitative estimate of drug-likeness (QED) is 0.788. The lowest BCUT2D eigenvalue weighted by atomic mass is 9.77. The van der Waals surface area contributed by atoms with Crippen LogP contribution in [0.25, 0.3) is 10.9 Å². The number of fused-ring (bicyclic) bond motifs is 2. The van der Waals surface area contributed by atoms with Crippen molar-refractivity contribution in [3.8, 4) is 0 Å². The highest BCUT2D eigenvalue weighted by Gasteiger charge is 2.26. The molecule has 0 saturated carbocycles. The van der Waals surface area contributed by atoms with Gasteiger partial charge in [0, 0.05) is 24.2 Å². The van der Waals surface area contributed by atoms with Gasteiger partial charge in [-0.25, -0.2) is 0 Å². The van der Waals surface area contributed by atoms with Gasteiger partial charge >= 0.3 is 0 Å². The Bertz CT molecular complexity index is 496. The number of nitrogens with one attached hydrogen (secondary N) is 1. The first kappa shape index (κ1) is 8.98. The van der Waals surface area contributed by atoms with Gasteiger partial charge in [0.25, 0.3) is 0 Å². The summed E-state index contributed by atoms with van der Waals surface area (Å²) in [4.78, 5) is 5.55. The number of hydrogen-bond donors (Lipinski definition) is 1. The Morgan fingerprint density at radius 1 is 1.40 bits per heavy atom. The van der Waals surface area contributed by atoms with Crippen molar-refractivity contribution in [3.63, 3.8) is 0 Å². The zero-order valence-corrected chi connectivity index (χ0v) is 9.25. The molecule has 2 heteroatoms. The van der Waals surface area contributed by atoms with Gasteiger partial charge in [-0.05, 0) is 55.2 Å². The highest BCUT2D eigenvalue weighted by atomic mass is 15.1. The normalized spacial score (nSPS) is 19.3. The summed E-state index contributed by atoms with van der Waals surface area (Å²) in [6.07, 6.45) is 3.26. The van der Waals surface area contributed by atoms with E-state index in [1.807, 2.05) is 6.20 Å². The molecule has 0 saturated heterocycles. The maximum Gasteiger partial charge on any atom is 0.0456 e. The number of nitrogens with zero attached hydrogens (tertiary/aromatic N) is 1. The molecule has 1 atom stereocenters. The summed E-state index contributed by atoms with van der Waals surface area (Å²) in [5.41, 5.74) is 4.35. The van der Waals surface area contributed by atoms with Crippen LogP contribution in [0.5, 0.6) is 0 Å². The summed E-state index contributed by atoms with van der Waals surface area (Å²) < 4.78 is 0. The molecular formula is C13H16N2. The molecule has 0 fully saturated rings. The van der Waals surface area contributed by atoms with Crippen LogP contribution in [0.3, 0.4) is 0 Å². The minimum Gasteiger partial charge on any atom is -0.361 e. The molecule has 1 aliphatic rings. The highest BCUT2D eigenvalue weighted by molar-refractivity contribution is 5.82. The number of rotatable bonds is 2. The van der Waals surface area contributed by atoms with Crippen molar-refractivity contribution in [1.29, 1.82) is 0 Å². The number of benzene rings is 1. The maximum atomic E-state index is 3.28. The standard InChI is InChI=1S/C13H16N2/c1-15(2)8-11-6-10-5-9-3-4-14-13(9)7-12(10)11/h3-5,7,11,14H,6,8H2,1-2H3. The van der Waals surface area contributed by atoms with E-state index in [-0.39, 0.29) is 0 Å². The molecule has 0 spiro atoms. The molecule has 1 aromatic carbocycles. The van der Waals surface area contributed by atoms with E-state index < -0.39 is 0 Å². The van der Waals surface area contributed by atoms with Gasteiger partial charge in [0.1, 0.15) is 0 Å². The van der Waals surface area contributed by atoms with Crippen LogP contribution in [-0.4, -0.2) is 30.5 Å². The molecule has 1 unspecified atom stereocenters. The van der Waals surface area contributed by atoms with E-state index >= 15 is 0 Å². The van der Waals surface area contributed by atoms with E-state index in [9.17, 15) is 0 Å². The molecule has 1 heterocycles. The van der Waals surface area contributed by atoms with Crippen LogP contribution < -0.4 is 0 Å². The van der Waals surface area contributed by atoms with Crippen LogP contribution in [-0.2, 0) is 6.42 Å². The predicted molar refractivity (Wildman–Crippen MR) is 63.3 cm³/mol. The molecule has 1 N–H and O–H groups in total. The Morgan fingerprint density at radius 2 is 2.27 bits per heavy atom. The molecule has 2 nitrogen and oxygen atoms in total. The summed E-state index contributed by atoms with van der Waals surface area (Å²) >= 11 is 0. The number of H-pyrrole nitrogens is 1. The van der Waals surface area contributed by atoms with E-state index in [0.29, 0.717) is 0 Å². The van der Waals surface area contributed by atoms with Crippen LogP contribution in [0.15, 0.2) is 24.4 Å². The van der Waals surface area contributed by atoms with E-state index in [1.54, 1.807) is 5.56 Å². The molecule has 0 aliphatic heterocycles. The first-order chi connectivity index (χ1) is 7.24. The lowest BCUT2D eigenvalue weighted by molar-refractivity contribution is 0.356. The van der Waals surface area contributed by atoms with E-state index in [1.165, 1.54) is 29.4 Å². The Hall–Kier alpha value is -1.28. The van der Waals surface area contributed by atoms with Gasteiger partial charge in [-0.2, -0.15) is 0 Å². The molecule has 0 radical (unpaired) electrons. The summed E-state index contributed by atoms with van der Waals surface area (Å²) in [5.74, 6) is 0.739. The average molecular weight is 200 g/mol. The number of likely N-dealkylation sites (N-methyl/N-ethyl adjacent to an activating group) is 1. The second-order valence-electron chi connectivity index (χ2n) is 4.78. The molecule has 2 aromatic rings. The fourth-order valence-corrected chi connectivity index (χ4v) is 2.57. The SMILES string of the molecule is CN(C)CC1Cc2cc3cc[nH]c3cc21. The summed E-state index contributed by atoms with van der Waals surface area (Å²) in [5, 5.41) is 1.34. The van der Waals surface area contributed by atoms with Crippen molar-refractivity contribution in [2.24, 2.45) is 0 Å². The molecule has 1 aliphatic carbocycles. The van der Waals surface area contributed by atoms with Gasteiger partial charge in [0.05, 0.1) is 0 Å². The largest absolute Gasteiger partial charge is 0.361 e. The van der Waals surface area contributed by atoms with Crippen LogP contribution in [0.1, 0.15) is 17.0 Å². The van der Waals surface area contributed by atoms with Crippen molar-refractivity contribution < 1.29 is 0 Å². The fraction of sp³-hybridized carbons (Fsp3) is 0.385. The fourth-order valence-electron chi connectivity index (χ4n) is 2.57. The van der Waals surface area contributed by atoms with Crippen molar-refractivity contribution >= 4 is 10.9 Å². The lowest BCUT2D eigenvalue weighted by Crippen LogP contribution is -2.28. The van der Waals surface area contributed by atoms with Crippen molar-refractivity contribution in [3.05, 3.63) is 35.5 Å². The second-order valence-corrected chi connectivity index (χ2v) is 4.78. The Labute approximate surface area is 89.9 Å². The Balaban J connectivity index is 1.98. The topological polar surface area (TPSA) is 19.0 Å². The zero-order chi connectivity index (χ0) is 10.4. The number of aromatic nitrogens is 1. The molecule has 1 aromatic heterocycles. The van der Waals surface area contributed by atoms with E-state index in [0.717, 1.165) is 5.92 Å². The third-order valence-corrected chi connectivity index (χ3v) is 3.30. The molecule has 0 bridgehead atoms. The first-order valence-electron chi connectivity index (χ1n) is 5.48. The van der Waals surface area contributed by atoms with Crippen LogP contribution in [0, 0.1) is 0 Å². The van der Waals surface area contributed by atoms with Gasteiger partial charge < -0.3 is 9.88 Å². The van der Waals surface area contributed by atoms with Crippen molar-refractivity contribution in [1.82, 2.24) is 9.88 Å². The average Bonchev–Trinajstić information content (AvgIpc) is 2.60. The predicted octanol–water partition coefficient (Wildman–Crippen LogP) is 2.37. The zero-order valence-electron chi connectivity index (χ0n) is 9.25. The van der Waals surface area contributed by atoms with E-state index in [2.05, 4.69) is 42.2 Å². The Kier molecular flexibility index (Phi) is 1.86. The summed E-state index contributed by atoms with van der Waals surface area (Å²) in [7, 11) is 4.29. The van der Waals surface area contributed by atoms with Crippen LogP contribution in [0.2, 0.25) is 0 Å². The minimum absolute atomic E-state index is 0.739. The monoisotopic (exact) mass is 200 g/mol. The Morgan fingerprint density at radius 3 is 3.07 bits per heavy atom. The van der Waals surface area contributed by atoms with Gasteiger partial charge in [-0.1, -0.05) is 0 Å².